The number of anilines is 1. The Hall–Kier alpha value is -2.83. The molecule has 29 heavy (non-hydrogen) atoms. The Morgan fingerprint density at radius 3 is 2.69 bits per heavy atom. The number of aromatic nitrogens is 2. The summed E-state index contributed by atoms with van der Waals surface area (Å²) in [5.74, 6) is 0.710. The summed E-state index contributed by atoms with van der Waals surface area (Å²) in [4.78, 5) is 31.5. The van der Waals surface area contributed by atoms with Crippen molar-refractivity contribution in [1.29, 1.82) is 0 Å². The summed E-state index contributed by atoms with van der Waals surface area (Å²) < 4.78 is 7.46. The van der Waals surface area contributed by atoms with Crippen LogP contribution in [0.15, 0.2) is 30.7 Å². The summed E-state index contributed by atoms with van der Waals surface area (Å²) in [5, 5.41) is 2.99. The molecule has 7 nitrogen and oxygen atoms in total. The van der Waals surface area contributed by atoms with E-state index < -0.39 is 6.04 Å². The van der Waals surface area contributed by atoms with Crippen LogP contribution in [0.25, 0.3) is 5.69 Å². The minimum Gasteiger partial charge on any atom is -0.494 e. The number of hydrogen-bond donors (Lipinski definition) is 1. The first-order valence-electron chi connectivity index (χ1n) is 10.4. The zero-order valence-corrected chi connectivity index (χ0v) is 17.1. The highest BCUT2D eigenvalue weighted by atomic mass is 16.5. The lowest BCUT2D eigenvalue weighted by atomic mass is 9.88. The maximum Gasteiger partial charge on any atom is 0.249 e. The van der Waals surface area contributed by atoms with Gasteiger partial charge in [-0.2, -0.15) is 0 Å². The second kappa shape index (κ2) is 8.27. The van der Waals surface area contributed by atoms with E-state index in [0.29, 0.717) is 18.7 Å². The fourth-order valence-corrected chi connectivity index (χ4v) is 4.33. The fraction of sp³-hybridized carbons (Fsp3) is 0.500. The van der Waals surface area contributed by atoms with E-state index in [1.807, 2.05) is 35.9 Å². The Morgan fingerprint density at radius 2 is 2.00 bits per heavy atom. The molecule has 1 aromatic carbocycles. The highest BCUT2D eigenvalue weighted by Gasteiger charge is 2.35. The van der Waals surface area contributed by atoms with Crippen LogP contribution in [0.1, 0.15) is 44.2 Å². The van der Waals surface area contributed by atoms with Gasteiger partial charge in [0.05, 0.1) is 24.8 Å². The first-order chi connectivity index (χ1) is 14.1. The van der Waals surface area contributed by atoms with Crippen LogP contribution in [0.4, 0.5) is 5.69 Å². The smallest absolute Gasteiger partial charge is 0.249 e. The second-order valence-electron chi connectivity index (χ2n) is 7.95. The molecule has 2 aliphatic rings. The normalized spacial score (nSPS) is 20.1. The van der Waals surface area contributed by atoms with Crippen LogP contribution < -0.4 is 15.0 Å². The van der Waals surface area contributed by atoms with Crippen molar-refractivity contribution in [3.63, 3.8) is 0 Å². The molecule has 1 saturated carbocycles. The van der Waals surface area contributed by atoms with E-state index in [2.05, 4.69) is 10.3 Å². The maximum absolute atomic E-state index is 12.9. The van der Waals surface area contributed by atoms with Gasteiger partial charge in [-0.3, -0.25) is 9.59 Å². The van der Waals surface area contributed by atoms with Gasteiger partial charge in [0.2, 0.25) is 11.8 Å². The van der Waals surface area contributed by atoms with Crippen LogP contribution in [0.2, 0.25) is 0 Å². The number of benzene rings is 1. The Bertz CT molecular complexity index is 901. The molecular formula is C22H28N4O3. The van der Waals surface area contributed by atoms with Crippen molar-refractivity contribution in [3.05, 3.63) is 36.4 Å². The molecule has 2 heterocycles. The first-order valence-corrected chi connectivity index (χ1v) is 10.4. The monoisotopic (exact) mass is 396 g/mol. The van der Waals surface area contributed by atoms with Gasteiger partial charge in [-0.25, -0.2) is 4.98 Å². The SMILES string of the molecule is COc1cc(N2CCC(NC(=O)C3CCCCC3)C2=O)ccc1-n1cnc(C)c1. The molecule has 0 spiro atoms. The highest BCUT2D eigenvalue weighted by Crippen LogP contribution is 2.31. The predicted molar refractivity (Wildman–Crippen MR) is 110 cm³/mol. The molecule has 0 radical (unpaired) electrons. The van der Waals surface area contributed by atoms with Crippen molar-refractivity contribution in [2.45, 2.75) is 51.5 Å². The molecule has 1 unspecified atom stereocenters. The number of aryl methyl sites for hydroxylation is 1. The largest absolute Gasteiger partial charge is 0.494 e. The molecule has 1 aliphatic heterocycles. The number of ether oxygens (including phenoxy) is 1. The van der Waals surface area contributed by atoms with Gasteiger partial charge >= 0.3 is 0 Å². The molecule has 2 amide bonds. The van der Waals surface area contributed by atoms with Gasteiger partial charge in [-0.15, -0.1) is 0 Å². The number of carbonyl (C=O) groups excluding carboxylic acids is 2. The van der Waals surface area contributed by atoms with Crippen molar-refractivity contribution < 1.29 is 14.3 Å². The van der Waals surface area contributed by atoms with Crippen LogP contribution in [0.5, 0.6) is 5.75 Å². The number of carbonyl (C=O) groups is 2. The molecule has 1 atom stereocenters. The average Bonchev–Trinajstić information content (AvgIpc) is 3.34. The zero-order chi connectivity index (χ0) is 20.4. The van der Waals surface area contributed by atoms with Crippen molar-refractivity contribution in [3.8, 4) is 11.4 Å². The summed E-state index contributed by atoms with van der Waals surface area (Å²) in [6.45, 7) is 2.52. The predicted octanol–water partition coefficient (Wildman–Crippen LogP) is 2.99. The number of rotatable bonds is 5. The summed E-state index contributed by atoms with van der Waals surface area (Å²) in [6, 6.07) is 5.27. The van der Waals surface area contributed by atoms with Gasteiger partial charge in [-0.05, 0) is 38.3 Å². The average molecular weight is 396 g/mol. The van der Waals surface area contributed by atoms with Crippen molar-refractivity contribution >= 4 is 17.5 Å². The Balaban J connectivity index is 1.47. The molecule has 2 aromatic rings. The number of imidazole rings is 1. The molecule has 4 rings (SSSR count). The van der Waals surface area contributed by atoms with Gasteiger partial charge in [0, 0.05) is 30.4 Å². The highest BCUT2D eigenvalue weighted by molar-refractivity contribution is 6.01. The summed E-state index contributed by atoms with van der Waals surface area (Å²) >= 11 is 0. The number of amides is 2. The summed E-state index contributed by atoms with van der Waals surface area (Å²) in [6.07, 6.45) is 9.57. The van der Waals surface area contributed by atoms with Crippen LogP contribution in [0.3, 0.4) is 0 Å². The van der Waals surface area contributed by atoms with Gasteiger partial charge in [0.1, 0.15) is 11.8 Å². The molecule has 7 heteroatoms. The summed E-state index contributed by atoms with van der Waals surface area (Å²) in [5.41, 5.74) is 2.56. The van der Waals surface area contributed by atoms with Gasteiger partial charge in [-0.1, -0.05) is 19.3 Å². The van der Waals surface area contributed by atoms with Gasteiger partial charge < -0.3 is 19.5 Å². The van der Waals surface area contributed by atoms with Crippen molar-refractivity contribution in [1.82, 2.24) is 14.9 Å². The van der Waals surface area contributed by atoms with Crippen LogP contribution in [-0.2, 0) is 9.59 Å². The van der Waals surface area contributed by atoms with Crippen LogP contribution >= 0.6 is 0 Å². The van der Waals surface area contributed by atoms with Crippen LogP contribution in [0, 0.1) is 12.8 Å². The molecule has 1 aromatic heterocycles. The van der Waals surface area contributed by atoms with Gasteiger partial charge in [0.25, 0.3) is 0 Å². The number of nitrogens with zero attached hydrogens (tertiary/aromatic N) is 3. The maximum atomic E-state index is 12.9. The molecule has 0 bridgehead atoms. The van der Waals surface area contributed by atoms with E-state index >= 15 is 0 Å². The molecule has 1 saturated heterocycles. The van der Waals surface area contributed by atoms with E-state index in [4.69, 9.17) is 4.74 Å². The zero-order valence-electron chi connectivity index (χ0n) is 17.1. The van der Waals surface area contributed by atoms with E-state index in [1.54, 1.807) is 18.3 Å². The van der Waals surface area contributed by atoms with E-state index in [9.17, 15) is 9.59 Å². The number of hydrogen-bond acceptors (Lipinski definition) is 4. The lowest BCUT2D eigenvalue weighted by Crippen LogP contribution is -2.44. The molecule has 1 N–H and O–H groups in total. The standard InChI is InChI=1S/C22H28N4O3/c1-15-13-25(14-23-15)19-9-8-17(12-20(19)29-2)26-11-10-18(22(26)28)24-21(27)16-6-4-3-5-7-16/h8-9,12-14,16,18H,3-7,10-11H2,1-2H3,(H,24,27). The Morgan fingerprint density at radius 1 is 1.21 bits per heavy atom. The van der Waals surface area contributed by atoms with E-state index in [-0.39, 0.29) is 17.7 Å². The Kier molecular flexibility index (Phi) is 5.56. The molecule has 154 valence electrons. The topological polar surface area (TPSA) is 76.5 Å². The first kappa shape index (κ1) is 19.5. The quantitative estimate of drug-likeness (QED) is 0.843. The van der Waals surface area contributed by atoms with Crippen molar-refractivity contribution in [2.75, 3.05) is 18.6 Å². The number of methoxy groups -OCH3 is 1. The molecular weight excluding hydrogens is 368 g/mol. The Labute approximate surface area is 171 Å². The molecule has 1 aliphatic carbocycles. The van der Waals surface area contributed by atoms with E-state index in [0.717, 1.165) is 42.8 Å². The second-order valence-corrected chi connectivity index (χ2v) is 7.95. The lowest BCUT2D eigenvalue weighted by Gasteiger charge is -2.23. The minimum absolute atomic E-state index is 0.0355. The van der Waals surface area contributed by atoms with Gasteiger partial charge in [0.15, 0.2) is 0 Å². The van der Waals surface area contributed by atoms with Crippen LogP contribution in [-0.4, -0.2) is 41.1 Å². The van der Waals surface area contributed by atoms with E-state index in [1.165, 1.54) is 6.42 Å². The van der Waals surface area contributed by atoms with Crippen molar-refractivity contribution in [2.24, 2.45) is 5.92 Å². The third kappa shape index (κ3) is 3.99. The third-order valence-corrected chi connectivity index (χ3v) is 5.96. The summed E-state index contributed by atoms with van der Waals surface area (Å²) in [7, 11) is 1.62. The molecule has 2 fully saturated rings. The number of nitrogens with one attached hydrogen (secondary N) is 1. The third-order valence-electron chi connectivity index (χ3n) is 5.96. The fourth-order valence-electron chi connectivity index (χ4n) is 4.33. The minimum atomic E-state index is -0.439. The lowest BCUT2D eigenvalue weighted by molar-refractivity contribution is -0.129.